The van der Waals surface area contributed by atoms with E-state index in [2.05, 4.69) is 42.5 Å². The van der Waals surface area contributed by atoms with Crippen molar-refractivity contribution >= 4 is 65.1 Å². The van der Waals surface area contributed by atoms with Crippen LogP contribution >= 0.6 is 11.8 Å². The third-order valence-corrected chi connectivity index (χ3v) is 13.2. The first kappa shape index (κ1) is 51.0. The summed E-state index contributed by atoms with van der Waals surface area (Å²) < 4.78 is 0. The number of hydrogen-bond donors (Lipinski definition) is 12. The molecule has 13 N–H and O–H groups in total. The van der Waals surface area contributed by atoms with E-state index in [4.69, 9.17) is 10.9 Å². The zero-order chi connectivity index (χ0) is 46.6. The smallest absolute Gasteiger partial charge is 0.315 e. The molecule has 2 aliphatic heterocycles. The first-order chi connectivity index (χ1) is 30.6. The number of nitrogens with two attached hydrogens (primary N) is 1. The highest BCUT2D eigenvalue weighted by Gasteiger charge is 2.42. The number of aromatic hydroxyl groups is 1. The maximum Gasteiger partial charge on any atom is 0.315 e. The van der Waals surface area contributed by atoms with Crippen molar-refractivity contribution in [2.75, 3.05) is 25.4 Å². The van der Waals surface area contributed by atoms with Gasteiger partial charge in [-0.25, -0.2) is 10.3 Å². The number of phenols is 1. The Morgan fingerprint density at radius 2 is 1.52 bits per heavy atom. The quantitative estimate of drug-likeness (QED) is 0.0224. The van der Waals surface area contributed by atoms with Gasteiger partial charge in [0, 0.05) is 42.7 Å². The monoisotopic (exact) mass is 916 g/mol. The van der Waals surface area contributed by atoms with E-state index in [1.807, 2.05) is 11.8 Å². The summed E-state index contributed by atoms with van der Waals surface area (Å²) in [4.78, 5) is 113. The van der Waals surface area contributed by atoms with Crippen molar-refractivity contribution in [1.29, 1.82) is 0 Å². The lowest BCUT2D eigenvalue weighted by Gasteiger charge is -2.25. The van der Waals surface area contributed by atoms with E-state index in [0.717, 1.165) is 50.7 Å². The van der Waals surface area contributed by atoms with E-state index < -0.39 is 78.5 Å². The van der Waals surface area contributed by atoms with Crippen LogP contribution in [0.1, 0.15) is 96.0 Å². The predicted octanol–water partition coefficient (Wildman–Crippen LogP) is -0.769. The second-order valence-corrected chi connectivity index (χ2v) is 18.0. The molecule has 10 amide bonds. The highest BCUT2D eigenvalue weighted by molar-refractivity contribution is 8.00. The molecule has 1 aromatic rings. The Kier molecular flexibility index (Phi) is 20.9. The number of hydrogen-bond acceptors (Lipinski definition) is 12. The molecule has 0 radical (unpaired) electrons. The molecule has 64 heavy (non-hydrogen) atoms. The lowest BCUT2D eigenvalue weighted by Crippen LogP contribution is -2.55. The number of nitrogens with one attached hydrogen (secondary N) is 9. The molecule has 21 nitrogen and oxygen atoms in total. The van der Waals surface area contributed by atoms with Crippen LogP contribution in [-0.2, 0) is 44.8 Å². The first-order valence-corrected chi connectivity index (χ1v) is 23.1. The summed E-state index contributed by atoms with van der Waals surface area (Å²) in [6.07, 6.45) is 7.96. The average Bonchev–Trinajstić information content (AvgIpc) is 4.01. The second-order valence-electron chi connectivity index (χ2n) is 16.7. The van der Waals surface area contributed by atoms with Crippen molar-refractivity contribution in [2.45, 2.75) is 132 Å². The van der Waals surface area contributed by atoms with E-state index >= 15 is 0 Å². The molecule has 1 aromatic carbocycles. The van der Waals surface area contributed by atoms with E-state index in [0.29, 0.717) is 43.0 Å². The van der Waals surface area contributed by atoms with Crippen LogP contribution in [0.3, 0.4) is 0 Å². The molecule has 22 heteroatoms. The van der Waals surface area contributed by atoms with Crippen LogP contribution in [0.5, 0.6) is 5.75 Å². The normalized spacial score (nSPS) is 19.7. The molecule has 0 bridgehead atoms. The van der Waals surface area contributed by atoms with Crippen molar-refractivity contribution in [3.05, 3.63) is 29.8 Å². The minimum absolute atomic E-state index is 0.00691. The summed E-state index contributed by atoms with van der Waals surface area (Å²) >= 11 is 1.83. The number of unbranched alkanes of at least 4 members (excludes halogenated alkanes) is 2. The molecule has 2 saturated heterocycles. The van der Waals surface area contributed by atoms with Crippen molar-refractivity contribution in [3.8, 4) is 5.75 Å². The Morgan fingerprint density at radius 1 is 0.797 bits per heavy atom. The average molecular weight is 917 g/mol. The minimum atomic E-state index is -1.21. The fourth-order valence-electron chi connectivity index (χ4n) is 8.10. The Hall–Kier alpha value is -5.64. The van der Waals surface area contributed by atoms with Gasteiger partial charge in [-0.3, -0.25) is 43.6 Å². The highest BCUT2D eigenvalue weighted by atomic mass is 32.2. The summed E-state index contributed by atoms with van der Waals surface area (Å²) in [6, 6.07) is 2.74. The molecule has 1 aliphatic carbocycles. The van der Waals surface area contributed by atoms with Crippen LogP contribution < -0.4 is 53.7 Å². The van der Waals surface area contributed by atoms with Crippen molar-refractivity contribution < 1.29 is 53.5 Å². The maximum atomic E-state index is 13.5. The molecule has 0 aromatic heterocycles. The lowest BCUT2D eigenvalue weighted by atomic mass is 9.89. The van der Waals surface area contributed by atoms with Gasteiger partial charge < -0.3 is 53.4 Å². The molecule has 2 heterocycles. The Morgan fingerprint density at radius 3 is 2.22 bits per heavy atom. The molecule has 7 atom stereocenters. The van der Waals surface area contributed by atoms with Crippen LogP contribution in [0.4, 0.5) is 4.79 Å². The van der Waals surface area contributed by atoms with Crippen molar-refractivity contribution in [2.24, 2.45) is 17.6 Å². The van der Waals surface area contributed by atoms with Gasteiger partial charge in [0.1, 0.15) is 23.9 Å². The first-order valence-electron chi connectivity index (χ1n) is 22.0. The third kappa shape index (κ3) is 17.5. The molecule has 3 aliphatic rings. The van der Waals surface area contributed by atoms with Gasteiger partial charge >= 0.3 is 6.03 Å². The molecule has 354 valence electrons. The largest absolute Gasteiger partial charge is 0.508 e. The molecular weight excluding hydrogens is 853 g/mol. The molecule has 0 spiro atoms. The van der Waals surface area contributed by atoms with Gasteiger partial charge in [0.05, 0.1) is 25.2 Å². The summed E-state index contributed by atoms with van der Waals surface area (Å²) in [5.41, 5.74) is 7.62. The van der Waals surface area contributed by atoms with Gasteiger partial charge in [0.15, 0.2) is 0 Å². The number of carbonyl (C=O) groups is 9. The number of hydroxylamine groups is 1. The maximum absolute atomic E-state index is 13.5. The third-order valence-electron chi connectivity index (χ3n) is 11.7. The number of rotatable bonds is 27. The summed E-state index contributed by atoms with van der Waals surface area (Å²) in [6.45, 7) is 0.674. The molecule has 1 saturated carbocycles. The van der Waals surface area contributed by atoms with Gasteiger partial charge in [-0.15, -0.1) is 0 Å². The van der Waals surface area contributed by atoms with Crippen LogP contribution in [-0.4, -0.2) is 124 Å². The second kappa shape index (κ2) is 26.2. The number of benzene rings is 1. The SMILES string of the molecule is C[C@H](NC(=O)[C@H](Cc1ccc(O)cc1)NC(=O)C(CC(=O)NO)CC1CCCC1)C(=O)NCC(=O)NCC(=O)N[C@@H](CCCCNC(=O)CCCC[C@@H]1SC[C@@H]2NC(=O)N[C@@H]21)C(N)=O. The Balaban J connectivity index is 1.13. The number of phenolic OH excluding ortho intramolecular Hbond substituents is 1. The van der Waals surface area contributed by atoms with Gasteiger partial charge in [-0.1, -0.05) is 44.2 Å². The van der Waals surface area contributed by atoms with Crippen LogP contribution in [0.15, 0.2) is 24.3 Å². The number of urea groups is 1. The standard InChI is InChI=1S/C42H64N10O11S/c1-24(47-41(61)30(19-26-13-15-28(53)16-14-26)49-40(60)27(20-34(55)52-63)18-25-8-2-3-9-25)39(59)46-21-35(56)45-22-36(57)48-29(38(43)58)10-6-7-17-44-33(54)12-5-4-11-32-37-31(23-64-32)50-42(62)51-37/h13-16,24-25,27,29-32,37,53,63H,2-12,17-23H2,1H3,(H2,43,58)(H,44,54)(H,45,56)(H,46,59)(H,47,61)(H,48,57)(H,49,60)(H,52,55)(H2,50,51,62)/t24-,27?,29-,30-,31-,32-,37-/m0/s1. The summed E-state index contributed by atoms with van der Waals surface area (Å²) in [5.74, 6) is -4.83. The number of carbonyl (C=O) groups excluding carboxylic acids is 9. The Labute approximate surface area is 376 Å². The number of thioether (sulfide) groups is 1. The van der Waals surface area contributed by atoms with Crippen molar-refractivity contribution in [3.63, 3.8) is 0 Å². The molecule has 1 unspecified atom stereocenters. The van der Waals surface area contributed by atoms with Crippen molar-refractivity contribution in [1.82, 2.24) is 48.0 Å². The molecular formula is C42H64N10O11S. The topological polar surface area (TPSA) is 328 Å². The fourth-order valence-corrected chi connectivity index (χ4v) is 9.65. The fraction of sp³-hybridized carbons (Fsp3) is 0.643. The van der Waals surface area contributed by atoms with Gasteiger partial charge in [0.25, 0.3) is 0 Å². The van der Waals surface area contributed by atoms with Gasteiger partial charge in [0.2, 0.25) is 47.3 Å². The van der Waals surface area contributed by atoms with E-state index in [1.165, 1.54) is 19.1 Å². The molecule has 4 rings (SSSR count). The lowest BCUT2D eigenvalue weighted by molar-refractivity contribution is -0.137. The van der Waals surface area contributed by atoms with E-state index in [1.54, 1.807) is 17.6 Å². The van der Waals surface area contributed by atoms with Crippen LogP contribution in [0.25, 0.3) is 0 Å². The Bertz CT molecular complexity index is 1800. The zero-order valence-corrected chi connectivity index (χ0v) is 37.0. The highest BCUT2D eigenvalue weighted by Crippen LogP contribution is 2.33. The van der Waals surface area contributed by atoms with Crippen LogP contribution in [0.2, 0.25) is 0 Å². The number of primary amides is 1. The van der Waals surface area contributed by atoms with E-state index in [-0.39, 0.29) is 55.0 Å². The van der Waals surface area contributed by atoms with Gasteiger partial charge in [-0.05, 0) is 69.1 Å². The number of amides is 10. The summed E-state index contributed by atoms with van der Waals surface area (Å²) in [7, 11) is 0. The molecule has 3 fully saturated rings. The minimum Gasteiger partial charge on any atom is -0.508 e. The number of fused-ring (bicyclic) bond motifs is 1. The summed E-state index contributed by atoms with van der Waals surface area (Å²) in [5, 5.41) is 40.4. The van der Waals surface area contributed by atoms with E-state index in [9.17, 15) is 48.3 Å². The predicted molar refractivity (Wildman–Crippen MR) is 234 cm³/mol. The van der Waals surface area contributed by atoms with Crippen LogP contribution in [0, 0.1) is 11.8 Å². The van der Waals surface area contributed by atoms with Gasteiger partial charge in [-0.2, -0.15) is 11.8 Å². The zero-order valence-electron chi connectivity index (χ0n) is 36.2.